The summed E-state index contributed by atoms with van der Waals surface area (Å²) in [6.45, 7) is 8.93. The van der Waals surface area contributed by atoms with Crippen LogP contribution in [0.4, 0.5) is 5.69 Å². The molecule has 0 amide bonds. The molecule has 3 nitrogen and oxygen atoms in total. The summed E-state index contributed by atoms with van der Waals surface area (Å²) in [4.78, 5) is 2.19. The summed E-state index contributed by atoms with van der Waals surface area (Å²) in [5.74, 6) is 0.886. The molecule has 1 aromatic carbocycles. The lowest BCUT2D eigenvalue weighted by Crippen LogP contribution is -2.35. The van der Waals surface area contributed by atoms with Crippen LogP contribution in [0.25, 0.3) is 0 Å². The van der Waals surface area contributed by atoms with Gasteiger partial charge in [0.2, 0.25) is 0 Å². The van der Waals surface area contributed by atoms with Crippen molar-refractivity contribution in [1.82, 2.24) is 4.90 Å². The summed E-state index contributed by atoms with van der Waals surface area (Å²) in [6.07, 6.45) is 2.35. The van der Waals surface area contributed by atoms with Crippen LogP contribution in [0, 0.1) is 0 Å². The Balaban J connectivity index is 2.54. The molecule has 0 heterocycles. The smallest absolute Gasteiger partial charge is 0.173 e. The fraction of sp³-hybridized carbons (Fsp3) is 0.533. The van der Waals surface area contributed by atoms with Crippen molar-refractivity contribution in [3.63, 3.8) is 0 Å². The first-order chi connectivity index (χ1) is 9.21. The van der Waals surface area contributed by atoms with Gasteiger partial charge in [-0.2, -0.15) is 0 Å². The van der Waals surface area contributed by atoms with Gasteiger partial charge in [-0.3, -0.25) is 0 Å². The van der Waals surface area contributed by atoms with Crippen molar-refractivity contribution in [2.24, 2.45) is 0 Å². The van der Waals surface area contributed by atoms with Gasteiger partial charge in [0.05, 0.1) is 6.61 Å². The number of unbranched alkanes of at least 4 members (excludes halogenated alkanes) is 1. The molecule has 0 aromatic heterocycles. The van der Waals surface area contributed by atoms with Crippen LogP contribution >= 0.6 is 12.2 Å². The summed E-state index contributed by atoms with van der Waals surface area (Å²) < 4.78 is 5.42. The van der Waals surface area contributed by atoms with E-state index < -0.39 is 0 Å². The van der Waals surface area contributed by atoms with Crippen molar-refractivity contribution in [3.8, 4) is 5.75 Å². The SMILES string of the molecule is CCCCN(CC)C(=S)Nc1ccc(OCC)cc1. The second-order valence-electron chi connectivity index (χ2n) is 4.32. The molecule has 0 saturated carbocycles. The maximum absolute atomic E-state index is 5.44. The van der Waals surface area contributed by atoms with Crippen LogP contribution in [0.5, 0.6) is 5.75 Å². The fourth-order valence-corrected chi connectivity index (χ4v) is 2.09. The Morgan fingerprint density at radius 1 is 1.21 bits per heavy atom. The molecule has 0 atom stereocenters. The highest BCUT2D eigenvalue weighted by Gasteiger charge is 2.06. The van der Waals surface area contributed by atoms with Crippen molar-refractivity contribution in [2.45, 2.75) is 33.6 Å². The predicted octanol–water partition coefficient (Wildman–Crippen LogP) is 3.90. The van der Waals surface area contributed by atoms with E-state index in [1.54, 1.807) is 0 Å². The fourth-order valence-electron chi connectivity index (χ4n) is 1.76. The largest absolute Gasteiger partial charge is 0.494 e. The summed E-state index contributed by atoms with van der Waals surface area (Å²) in [5.41, 5.74) is 1.00. The van der Waals surface area contributed by atoms with Gasteiger partial charge in [0.25, 0.3) is 0 Å². The van der Waals surface area contributed by atoms with E-state index in [1.807, 2.05) is 31.2 Å². The Morgan fingerprint density at radius 2 is 1.89 bits per heavy atom. The van der Waals surface area contributed by atoms with Gasteiger partial charge in [0.1, 0.15) is 5.75 Å². The van der Waals surface area contributed by atoms with Gasteiger partial charge in [0.15, 0.2) is 5.11 Å². The number of thiocarbonyl (C=S) groups is 1. The number of nitrogens with one attached hydrogen (secondary N) is 1. The molecule has 4 heteroatoms. The molecule has 0 saturated heterocycles. The number of benzene rings is 1. The van der Waals surface area contributed by atoms with Gasteiger partial charge in [-0.25, -0.2) is 0 Å². The highest BCUT2D eigenvalue weighted by molar-refractivity contribution is 7.80. The van der Waals surface area contributed by atoms with Crippen molar-refractivity contribution in [2.75, 3.05) is 25.0 Å². The molecule has 0 radical (unpaired) electrons. The zero-order chi connectivity index (χ0) is 14.1. The van der Waals surface area contributed by atoms with E-state index in [9.17, 15) is 0 Å². The van der Waals surface area contributed by atoms with Crippen LogP contribution in [-0.4, -0.2) is 29.7 Å². The zero-order valence-corrected chi connectivity index (χ0v) is 12.9. The predicted molar refractivity (Wildman–Crippen MR) is 86.0 cm³/mol. The average molecular weight is 280 g/mol. The Kier molecular flexibility index (Phi) is 7.26. The molecule has 1 N–H and O–H groups in total. The van der Waals surface area contributed by atoms with E-state index in [1.165, 1.54) is 12.8 Å². The van der Waals surface area contributed by atoms with Gasteiger partial charge in [-0.1, -0.05) is 13.3 Å². The van der Waals surface area contributed by atoms with Crippen molar-refractivity contribution in [1.29, 1.82) is 0 Å². The minimum absolute atomic E-state index is 0.686. The lowest BCUT2D eigenvalue weighted by Gasteiger charge is -2.24. The molecular weight excluding hydrogens is 256 g/mol. The number of hydrogen-bond donors (Lipinski definition) is 1. The van der Waals surface area contributed by atoms with Gasteiger partial charge in [-0.15, -0.1) is 0 Å². The number of hydrogen-bond acceptors (Lipinski definition) is 2. The molecule has 1 aromatic rings. The minimum atomic E-state index is 0.686. The van der Waals surface area contributed by atoms with Crippen LogP contribution in [0.1, 0.15) is 33.6 Å². The molecule has 0 fully saturated rings. The molecule has 0 unspecified atom stereocenters. The standard InChI is InChI=1S/C15H24N2OS/c1-4-7-12-17(5-2)15(19)16-13-8-10-14(11-9-13)18-6-3/h8-11H,4-7,12H2,1-3H3,(H,16,19). The molecule has 0 aliphatic heterocycles. The van der Waals surface area contributed by atoms with Crippen LogP contribution < -0.4 is 10.1 Å². The molecule has 0 bridgehead atoms. The third-order valence-corrected chi connectivity index (χ3v) is 3.23. The van der Waals surface area contributed by atoms with Gasteiger partial charge < -0.3 is 15.0 Å². The molecule has 0 aliphatic rings. The highest BCUT2D eigenvalue weighted by Crippen LogP contribution is 2.16. The Bertz CT molecular complexity index is 378. The molecule has 1 rings (SSSR count). The van der Waals surface area contributed by atoms with E-state index in [-0.39, 0.29) is 0 Å². The summed E-state index contributed by atoms with van der Waals surface area (Å²) in [7, 11) is 0. The number of nitrogens with zero attached hydrogens (tertiary/aromatic N) is 1. The maximum Gasteiger partial charge on any atom is 0.173 e. The quantitative estimate of drug-likeness (QED) is 0.766. The van der Waals surface area contributed by atoms with Gasteiger partial charge in [0, 0.05) is 18.8 Å². The lowest BCUT2D eigenvalue weighted by molar-refractivity contribution is 0.340. The molecule has 0 spiro atoms. The summed E-state index contributed by atoms with van der Waals surface area (Å²) in [6, 6.07) is 7.89. The van der Waals surface area contributed by atoms with E-state index in [0.717, 1.165) is 29.6 Å². The highest BCUT2D eigenvalue weighted by atomic mass is 32.1. The Morgan fingerprint density at radius 3 is 2.42 bits per heavy atom. The second-order valence-corrected chi connectivity index (χ2v) is 4.71. The van der Waals surface area contributed by atoms with Crippen LogP contribution in [0.2, 0.25) is 0 Å². The molecular formula is C15H24N2OS. The van der Waals surface area contributed by atoms with E-state index in [2.05, 4.69) is 24.1 Å². The maximum atomic E-state index is 5.44. The van der Waals surface area contributed by atoms with Gasteiger partial charge >= 0.3 is 0 Å². The first-order valence-corrected chi connectivity index (χ1v) is 7.40. The average Bonchev–Trinajstić information content (AvgIpc) is 2.42. The number of rotatable bonds is 7. The first kappa shape index (κ1) is 15.8. The normalized spacial score (nSPS) is 10.1. The van der Waals surface area contributed by atoms with Crippen LogP contribution in [0.3, 0.4) is 0 Å². The monoisotopic (exact) mass is 280 g/mol. The summed E-state index contributed by atoms with van der Waals surface area (Å²) in [5, 5.41) is 4.06. The molecule has 19 heavy (non-hydrogen) atoms. The van der Waals surface area contributed by atoms with Crippen LogP contribution in [-0.2, 0) is 0 Å². The number of anilines is 1. The second kappa shape index (κ2) is 8.75. The van der Waals surface area contributed by atoms with E-state index in [4.69, 9.17) is 17.0 Å². The third kappa shape index (κ3) is 5.47. The number of ether oxygens (including phenoxy) is 1. The van der Waals surface area contributed by atoms with Crippen molar-refractivity contribution >= 4 is 23.0 Å². The topological polar surface area (TPSA) is 24.5 Å². The summed E-state index contributed by atoms with van der Waals surface area (Å²) >= 11 is 5.44. The Labute approximate surface area is 121 Å². The molecule has 106 valence electrons. The van der Waals surface area contributed by atoms with E-state index in [0.29, 0.717) is 6.61 Å². The van der Waals surface area contributed by atoms with Crippen molar-refractivity contribution in [3.05, 3.63) is 24.3 Å². The lowest BCUT2D eigenvalue weighted by atomic mass is 10.3. The van der Waals surface area contributed by atoms with E-state index >= 15 is 0 Å². The Hall–Kier alpha value is -1.29. The first-order valence-electron chi connectivity index (χ1n) is 7.00. The van der Waals surface area contributed by atoms with Crippen molar-refractivity contribution < 1.29 is 4.74 Å². The minimum Gasteiger partial charge on any atom is -0.494 e. The molecule has 0 aliphatic carbocycles. The van der Waals surface area contributed by atoms with Crippen LogP contribution in [0.15, 0.2) is 24.3 Å². The third-order valence-electron chi connectivity index (χ3n) is 2.87. The zero-order valence-electron chi connectivity index (χ0n) is 12.1. The van der Waals surface area contributed by atoms with Gasteiger partial charge in [-0.05, 0) is 56.8 Å².